The first-order valence-electron chi connectivity index (χ1n) is 11.7. The lowest BCUT2D eigenvalue weighted by atomic mass is 10.1. The summed E-state index contributed by atoms with van der Waals surface area (Å²) in [5, 5.41) is 0. The highest BCUT2D eigenvalue weighted by Crippen LogP contribution is 2.35. The van der Waals surface area contributed by atoms with Gasteiger partial charge in [0.15, 0.2) is 0 Å². The molecular formula is C28H26N4O4. The molecule has 182 valence electrons. The molecule has 1 saturated heterocycles. The minimum atomic E-state index is -0.620. The Hall–Kier alpha value is -4.59. The third-order valence-corrected chi connectivity index (χ3v) is 6.15. The number of nitrogens with two attached hydrogens (primary N) is 1. The van der Waals surface area contributed by atoms with Crippen molar-refractivity contribution in [2.45, 2.75) is 6.92 Å². The number of carbonyl (C=O) groups is 2. The number of fused-ring (bicyclic) bond motifs is 1. The van der Waals surface area contributed by atoms with Crippen LogP contribution in [0.3, 0.4) is 0 Å². The number of ether oxygens (including phenoxy) is 2. The summed E-state index contributed by atoms with van der Waals surface area (Å²) < 4.78 is 11.7. The van der Waals surface area contributed by atoms with Crippen LogP contribution < -0.4 is 20.1 Å². The van der Waals surface area contributed by atoms with E-state index in [-0.39, 0.29) is 23.3 Å². The lowest BCUT2D eigenvalue weighted by Gasteiger charge is -2.21. The van der Waals surface area contributed by atoms with Gasteiger partial charge in [0, 0.05) is 31.8 Å². The molecule has 1 aromatic heterocycles. The third kappa shape index (κ3) is 4.93. The van der Waals surface area contributed by atoms with E-state index in [1.54, 1.807) is 53.6 Å². The van der Waals surface area contributed by atoms with Gasteiger partial charge in [-0.3, -0.25) is 9.59 Å². The van der Waals surface area contributed by atoms with E-state index in [9.17, 15) is 9.59 Å². The predicted octanol–water partition coefficient (Wildman–Crippen LogP) is 4.50. The van der Waals surface area contributed by atoms with Crippen molar-refractivity contribution in [3.05, 3.63) is 96.3 Å². The summed E-state index contributed by atoms with van der Waals surface area (Å²) in [6.45, 7) is 3.87. The molecule has 0 radical (unpaired) electrons. The number of primary amides is 1. The Morgan fingerprint density at radius 2 is 1.69 bits per heavy atom. The van der Waals surface area contributed by atoms with Crippen LogP contribution in [0.5, 0.6) is 23.1 Å². The van der Waals surface area contributed by atoms with E-state index >= 15 is 0 Å². The van der Waals surface area contributed by atoms with Gasteiger partial charge in [0.2, 0.25) is 11.8 Å². The molecule has 5 rings (SSSR count). The Morgan fingerprint density at radius 1 is 1.00 bits per heavy atom. The van der Waals surface area contributed by atoms with Gasteiger partial charge in [0.25, 0.3) is 5.91 Å². The summed E-state index contributed by atoms with van der Waals surface area (Å²) in [5.41, 5.74) is 7.83. The van der Waals surface area contributed by atoms with E-state index in [1.807, 2.05) is 43.5 Å². The van der Waals surface area contributed by atoms with E-state index in [1.165, 1.54) is 5.57 Å². The van der Waals surface area contributed by atoms with Crippen LogP contribution in [0.1, 0.15) is 17.3 Å². The summed E-state index contributed by atoms with van der Waals surface area (Å²) >= 11 is 0. The van der Waals surface area contributed by atoms with Crippen molar-refractivity contribution in [1.82, 2.24) is 9.88 Å². The number of nitrogens with zero attached hydrogens (tertiary/aromatic N) is 3. The summed E-state index contributed by atoms with van der Waals surface area (Å²) in [5.74, 6) is 1.67. The van der Waals surface area contributed by atoms with Gasteiger partial charge in [-0.2, -0.15) is 0 Å². The van der Waals surface area contributed by atoms with Gasteiger partial charge in [-0.05, 0) is 61.0 Å². The number of aromatic nitrogens is 1. The molecule has 36 heavy (non-hydrogen) atoms. The molecular weight excluding hydrogens is 456 g/mol. The second-order valence-corrected chi connectivity index (χ2v) is 8.67. The highest BCUT2D eigenvalue weighted by atomic mass is 16.5. The van der Waals surface area contributed by atoms with E-state index in [4.69, 9.17) is 15.2 Å². The minimum absolute atomic E-state index is 0.00945. The number of hydrogen-bond donors (Lipinski definition) is 1. The molecule has 3 aromatic rings. The molecule has 8 nitrogen and oxygen atoms in total. The van der Waals surface area contributed by atoms with Gasteiger partial charge < -0.3 is 25.0 Å². The number of para-hydroxylation sites is 1. The van der Waals surface area contributed by atoms with Crippen molar-refractivity contribution >= 4 is 17.5 Å². The fourth-order valence-corrected chi connectivity index (χ4v) is 4.38. The number of pyridine rings is 1. The molecule has 0 bridgehead atoms. The van der Waals surface area contributed by atoms with Crippen molar-refractivity contribution in [2.24, 2.45) is 11.7 Å². The molecule has 2 N–H and O–H groups in total. The number of carbonyl (C=O) groups excluding carboxylic acids is 2. The lowest BCUT2D eigenvalue weighted by molar-refractivity contribution is -0.123. The molecule has 0 spiro atoms. The normalized spacial score (nSPS) is 16.7. The van der Waals surface area contributed by atoms with Crippen LogP contribution >= 0.6 is 0 Å². The van der Waals surface area contributed by atoms with Crippen LogP contribution in [0.25, 0.3) is 0 Å². The van der Waals surface area contributed by atoms with Crippen LogP contribution in [0.2, 0.25) is 0 Å². The number of rotatable bonds is 7. The summed E-state index contributed by atoms with van der Waals surface area (Å²) in [7, 11) is 0. The van der Waals surface area contributed by atoms with Gasteiger partial charge in [-0.15, -0.1) is 0 Å². The second kappa shape index (κ2) is 9.95. The topological polar surface area (TPSA) is 98.0 Å². The fourth-order valence-electron chi connectivity index (χ4n) is 4.38. The Balaban J connectivity index is 1.28. The highest BCUT2D eigenvalue weighted by molar-refractivity contribution is 5.96. The predicted molar refractivity (Wildman–Crippen MR) is 136 cm³/mol. The fraction of sp³-hybridized carbons (Fsp3) is 0.179. The van der Waals surface area contributed by atoms with Gasteiger partial charge in [-0.25, -0.2) is 4.98 Å². The first-order valence-corrected chi connectivity index (χ1v) is 11.7. The van der Waals surface area contributed by atoms with E-state index < -0.39 is 5.91 Å². The zero-order chi connectivity index (χ0) is 25.1. The van der Waals surface area contributed by atoms with Crippen LogP contribution in [-0.2, 0) is 4.79 Å². The number of benzene rings is 2. The maximum absolute atomic E-state index is 12.2. The van der Waals surface area contributed by atoms with Crippen LogP contribution in [0.15, 0.2) is 90.8 Å². The molecule has 2 amide bonds. The summed E-state index contributed by atoms with van der Waals surface area (Å²) in [6, 6.07) is 18.2. The zero-order valence-electron chi connectivity index (χ0n) is 19.8. The molecule has 8 heteroatoms. The van der Waals surface area contributed by atoms with Gasteiger partial charge in [0.05, 0.1) is 11.9 Å². The Bertz CT molecular complexity index is 1340. The number of hydrogen-bond acceptors (Lipinski definition) is 6. The molecule has 2 aliphatic rings. The lowest BCUT2D eigenvalue weighted by Crippen LogP contribution is -2.29. The van der Waals surface area contributed by atoms with Crippen molar-refractivity contribution in [3.63, 3.8) is 0 Å². The summed E-state index contributed by atoms with van der Waals surface area (Å²) in [4.78, 5) is 32.6. The average molecular weight is 483 g/mol. The van der Waals surface area contributed by atoms with Gasteiger partial charge in [0.1, 0.15) is 22.8 Å². The van der Waals surface area contributed by atoms with Crippen LogP contribution in [-0.4, -0.2) is 41.3 Å². The zero-order valence-corrected chi connectivity index (χ0v) is 19.8. The van der Waals surface area contributed by atoms with Crippen LogP contribution in [0.4, 0.5) is 5.69 Å². The Labute approximate surface area is 209 Å². The molecule has 2 aliphatic heterocycles. The largest absolute Gasteiger partial charge is 0.457 e. The van der Waals surface area contributed by atoms with Gasteiger partial charge >= 0.3 is 0 Å². The second-order valence-electron chi connectivity index (χ2n) is 8.67. The standard InChI is InChI=1S/C28H26N4O4/c1-2-6-26(33)32-17-19-15-31(16-20(19)18-32)21-13-25(27(29)34)28(30-14-21)36-24-11-9-23(10-12-24)35-22-7-4-3-5-8-22/h2-14,17,20H,15-16,18H2,1H3,(H2,29,34). The molecule has 1 unspecified atom stereocenters. The Kier molecular flexibility index (Phi) is 6.40. The first kappa shape index (κ1) is 23.2. The van der Waals surface area contributed by atoms with Crippen molar-refractivity contribution < 1.29 is 19.1 Å². The third-order valence-electron chi connectivity index (χ3n) is 6.15. The molecule has 3 heterocycles. The van der Waals surface area contributed by atoms with E-state index in [2.05, 4.69) is 9.88 Å². The molecule has 1 atom stereocenters. The van der Waals surface area contributed by atoms with E-state index in [0.29, 0.717) is 24.6 Å². The number of amides is 2. The maximum atomic E-state index is 12.2. The average Bonchev–Trinajstić information content (AvgIpc) is 3.46. The van der Waals surface area contributed by atoms with Crippen molar-refractivity contribution in [1.29, 1.82) is 0 Å². The monoisotopic (exact) mass is 482 g/mol. The van der Waals surface area contributed by atoms with Crippen molar-refractivity contribution in [3.8, 4) is 23.1 Å². The van der Waals surface area contributed by atoms with Gasteiger partial charge in [-0.1, -0.05) is 24.3 Å². The first-order chi connectivity index (χ1) is 17.5. The number of anilines is 1. The number of allylic oxidation sites excluding steroid dienone is 1. The van der Waals surface area contributed by atoms with Crippen molar-refractivity contribution in [2.75, 3.05) is 24.5 Å². The summed E-state index contributed by atoms with van der Waals surface area (Å²) in [6.07, 6.45) is 6.92. The molecule has 1 fully saturated rings. The SMILES string of the molecule is CC=CC(=O)N1C=C2CN(c3cnc(Oc4ccc(Oc5ccccc5)cc4)c(C(N)=O)c3)CC2C1. The molecule has 2 aromatic carbocycles. The Morgan fingerprint density at radius 3 is 2.36 bits per heavy atom. The highest BCUT2D eigenvalue weighted by Gasteiger charge is 2.35. The quantitative estimate of drug-likeness (QED) is 0.498. The van der Waals surface area contributed by atoms with Crippen LogP contribution in [0, 0.1) is 5.92 Å². The molecule has 0 saturated carbocycles. The molecule has 0 aliphatic carbocycles. The smallest absolute Gasteiger partial charge is 0.254 e. The maximum Gasteiger partial charge on any atom is 0.254 e. The minimum Gasteiger partial charge on any atom is -0.457 e. The van der Waals surface area contributed by atoms with E-state index in [0.717, 1.165) is 18.0 Å².